The maximum absolute atomic E-state index is 10.8. The minimum atomic E-state index is -0.703. The van der Waals surface area contributed by atoms with E-state index >= 15 is 0 Å². The highest BCUT2D eigenvalue weighted by Gasteiger charge is 2.24. The summed E-state index contributed by atoms with van der Waals surface area (Å²) in [5, 5.41) is 0. The number of carbonyl (C=O) groups excluding carboxylic acids is 2. The second-order valence-electron chi connectivity index (χ2n) is 2.42. The lowest BCUT2D eigenvalue weighted by Crippen LogP contribution is -2.05. The van der Waals surface area contributed by atoms with E-state index in [1.807, 2.05) is 19.1 Å². The lowest BCUT2D eigenvalue weighted by atomic mass is 10.4. The summed E-state index contributed by atoms with van der Waals surface area (Å²) in [7, 11) is 0. The van der Waals surface area contributed by atoms with Gasteiger partial charge in [0.25, 0.3) is 0 Å². The monoisotopic (exact) mass is 182 g/mol. The van der Waals surface area contributed by atoms with Gasteiger partial charge in [-0.2, -0.15) is 0 Å². The Kier molecular flexibility index (Phi) is 3.25. The molecular formula is C9H10O4. The Bertz CT molecular complexity index is 275. The largest absolute Gasteiger partial charge is 0.486 e. The molecule has 0 radical (unpaired) electrons. The van der Waals surface area contributed by atoms with Crippen LogP contribution in [0.25, 0.3) is 0 Å². The van der Waals surface area contributed by atoms with Crippen LogP contribution in [-0.2, 0) is 19.1 Å². The van der Waals surface area contributed by atoms with Crippen molar-refractivity contribution in [3.8, 4) is 0 Å². The van der Waals surface area contributed by atoms with Gasteiger partial charge < -0.3 is 9.47 Å². The van der Waals surface area contributed by atoms with Crippen LogP contribution in [0.5, 0.6) is 0 Å². The molecule has 0 saturated heterocycles. The highest BCUT2D eigenvalue weighted by molar-refractivity contribution is 6.07. The molecule has 1 aliphatic rings. The summed E-state index contributed by atoms with van der Waals surface area (Å²) in [6.07, 6.45) is 5.55. The fourth-order valence-electron chi connectivity index (χ4n) is 0.841. The van der Waals surface area contributed by atoms with Gasteiger partial charge in [0.2, 0.25) is 5.76 Å². The highest BCUT2D eigenvalue weighted by atomic mass is 16.6. The Morgan fingerprint density at radius 3 is 2.85 bits per heavy atom. The van der Waals surface area contributed by atoms with Gasteiger partial charge >= 0.3 is 11.9 Å². The number of ether oxygens (including phenoxy) is 2. The normalized spacial score (nSPS) is 16.2. The molecule has 13 heavy (non-hydrogen) atoms. The van der Waals surface area contributed by atoms with Crippen LogP contribution in [0.2, 0.25) is 0 Å². The second kappa shape index (κ2) is 4.45. The van der Waals surface area contributed by atoms with Crippen LogP contribution in [-0.4, -0.2) is 18.5 Å². The molecule has 0 aliphatic carbocycles. The van der Waals surface area contributed by atoms with E-state index in [4.69, 9.17) is 4.74 Å². The fourth-order valence-corrected chi connectivity index (χ4v) is 0.841. The van der Waals surface area contributed by atoms with Crippen molar-refractivity contribution in [2.75, 3.05) is 6.61 Å². The number of hydrogen-bond donors (Lipinski definition) is 0. The molecule has 0 aromatic heterocycles. The third kappa shape index (κ3) is 2.74. The highest BCUT2D eigenvalue weighted by Crippen LogP contribution is 2.09. The third-order valence-corrected chi connectivity index (χ3v) is 1.42. The second-order valence-corrected chi connectivity index (χ2v) is 2.42. The van der Waals surface area contributed by atoms with Crippen LogP contribution in [0.4, 0.5) is 0 Å². The molecule has 0 atom stereocenters. The molecule has 0 unspecified atom stereocenters. The van der Waals surface area contributed by atoms with E-state index in [1.165, 1.54) is 0 Å². The third-order valence-electron chi connectivity index (χ3n) is 1.42. The molecule has 0 amide bonds. The molecule has 0 spiro atoms. The Hall–Kier alpha value is -1.58. The summed E-state index contributed by atoms with van der Waals surface area (Å²) in [4.78, 5) is 21.3. The summed E-state index contributed by atoms with van der Waals surface area (Å²) in [5.41, 5.74) is 0. The van der Waals surface area contributed by atoms with Gasteiger partial charge in [-0.25, -0.2) is 9.59 Å². The van der Waals surface area contributed by atoms with E-state index in [-0.39, 0.29) is 5.76 Å². The zero-order chi connectivity index (χ0) is 9.68. The van der Waals surface area contributed by atoms with Crippen LogP contribution in [0.1, 0.15) is 13.3 Å². The molecule has 1 aliphatic heterocycles. The van der Waals surface area contributed by atoms with Crippen molar-refractivity contribution in [2.45, 2.75) is 13.3 Å². The molecule has 4 nitrogen and oxygen atoms in total. The van der Waals surface area contributed by atoms with Gasteiger partial charge in [0.15, 0.2) is 0 Å². The molecule has 4 heteroatoms. The van der Waals surface area contributed by atoms with Crippen LogP contribution < -0.4 is 0 Å². The average molecular weight is 182 g/mol. The van der Waals surface area contributed by atoms with Crippen LogP contribution in [0.3, 0.4) is 0 Å². The first-order valence-corrected chi connectivity index (χ1v) is 3.96. The Morgan fingerprint density at radius 1 is 1.54 bits per heavy atom. The van der Waals surface area contributed by atoms with Crippen LogP contribution in [0, 0.1) is 0 Å². The van der Waals surface area contributed by atoms with Crippen molar-refractivity contribution in [1.29, 1.82) is 0 Å². The van der Waals surface area contributed by atoms with Gasteiger partial charge in [-0.15, -0.1) is 0 Å². The summed E-state index contributed by atoms with van der Waals surface area (Å²) in [6.45, 7) is 2.27. The van der Waals surface area contributed by atoms with Crippen molar-refractivity contribution in [3.05, 3.63) is 24.0 Å². The van der Waals surface area contributed by atoms with Gasteiger partial charge in [0, 0.05) is 0 Å². The molecule has 70 valence electrons. The van der Waals surface area contributed by atoms with Gasteiger partial charge in [-0.05, 0) is 13.3 Å². The van der Waals surface area contributed by atoms with Gasteiger partial charge in [-0.1, -0.05) is 12.2 Å². The lowest BCUT2D eigenvalue weighted by Gasteiger charge is -2.00. The summed E-state index contributed by atoms with van der Waals surface area (Å²) in [6, 6.07) is 0. The summed E-state index contributed by atoms with van der Waals surface area (Å²) >= 11 is 0. The number of hydrogen-bond acceptors (Lipinski definition) is 4. The molecule has 0 aromatic rings. The molecule has 0 N–H and O–H groups in total. The van der Waals surface area contributed by atoms with E-state index in [2.05, 4.69) is 4.74 Å². The van der Waals surface area contributed by atoms with Crippen LogP contribution >= 0.6 is 0 Å². The Morgan fingerprint density at radius 2 is 2.31 bits per heavy atom. The minimum absolute atomic E-state index is 0.00509. The van der Waals surface area contributed by atoms with Crippen molar-refractivity contribution < 1.29 is 19.1 Å². The predicted octanol–water partition coefficient (Wildman–Crippen LogP) is 0.936. The number of allylic oxidation sites excluding steroid dienone is 1. The zero-order valence-corrected chi connectivity index (χ0v) is 7.28. The van der Waals surface area contributed by atoms with Crippen molar-refractivity contribution in [2.24, 2.45) is 0 Å². The van der Waals surface area contributed by atoms with E-state index in [0.717, 1.165) is 6.08 Å². The topological polar surface area (TPSA) is 52.6 Å². The van der Waals surface area contributed by atoms with Crippen molar-refractivity contribution >= 4 is 11.9 Å². The number of rotatable bonds is 4. The van der Waals surface area contributed by atoms with Gasteiger partial charge in [0.05, 0.1) is 12.7 Å². The molecular weight excluding hydrogens is 172 g/mol. The molecule has 1 rings (SSSR count). The van der Waals surface area contributed by atoms with Gasteiger partial charge in [-0.3, -0.25) is 0 Å². The fraction of sp³-hybridized carbons (Fsp3) is 0.333. The minimum Gasteiger partial charge on any atom is -0.486 e. The zero-order valence-electron chi connectivity index (χ0n) is 7.28. The predicted molar refractivity (Wildman–Crippen MR) is 44.6 cm³/mol. The summed E-state index contributed by atoms with van der Waals surface area (Å²) < 4.78 is 9.22. The number of esters is 2. The van der Waals surface area contributed by atoms with E-state index in [9.17, 15) is 9.59 Å². The summed E-state index contributed by atoms with van der Waals surface area (Å²) in [5.74, 6) is -1.37. The van der Waals surface area contributed by atoms with E-state index < -0.39 is 11.9 Å². The Balaban J connectivity index is 2.33. The number of cyclic esters (lactones) is 2. The standard InChI is InChI=1S/C9H10O4/c1-2-3-4-5-12-7-6-8(10)13-9(7)11/h2-3,6H,4-5H2,1H3. The maximum Gasteiger partial charge on any atom is 0.381 e. The van der Waals surface area contributed by atoms with Gasteiger partial charge in [0.1, 0.15) is 0 Å². The molecule has 0 bridgehead atoms. The molecule has 0 saturated carbocycles. The van der Waals surface area contributed by atoms with Crippen molar-refractivity contribution in [3.63, 3.8) is 0 Å². The Labute approximate surface area is 75.8 Å². The molecule has 1 heterocycles. The van der Waals surface area contributed by atoms with Crippen molar-refractivity contribution in [1.82, 2.24) is 0 Å². The smallest absolute Gasteiger partial charge is 0.381 e. The first-order valence-electron chi connectivity index (χ1n) is 3.96. The first-order chi connectivity index (χ1) is 6.24. The molecule has 0 fully saturated rings. The SMILES string of the molecule is CC=CCCOC1=CC(=O)OC1=O. The first kappa shape index (κ1) is 9.51. The quantitative estimate of drug-likeness (QED) is 0.281. The average Bonchev–Trinajstić information content (AvgIpc) is 2.39. The van der Waals surface area contributed by atoms with Crippen LogP contribution in [0.15, 0.2) is 24.0 Å². The maximum atomic E-state index is 10.8. The van der Waals surface area contributed by atoms with E-state index in [1.54, 1.807) is 0 Å². The van der Waals surface area contributed by atoms with E-state index in [0.29, 0.717) is 13.0 Å². The number of carbonyl (C=O) groups is 2. The molecule has 0 aromatic carbocycles. The lowest BCUT2D eigenvalue weighted by molar-refractivity contribution is -0.152.